The number of benzene rings is 2. The summed E-state index contributed by atoms with van der Waals surface area (Å²) in [6, 6.07) is 14.4. The zero-order chi connectivity index (χ0) is 23.8. The minimum absolute atomic E-state index is 0.00471. The summed E-state index contributed by atoms with van der Waals surface area (Å²) in [6.45, 7) is 1.55. The average Bonchev–Trinajstić information content (AvgIpc) is 2.79. The number of nitrogens with one attached hydrogen (secondary N) is 1. The summed E-state index contributed by atoms with van der Waals surface area (Å²) in [7, 11) is 1.54. The maximum atomic E-state index is 12.8. The first-order valence-corrected chi connectivity index (χ1v) is 10.7. The number of amides is 2. The molecule has 0 aromatic heterocycles. The van der Waals surface area contributed by atoms with Gasteiger partial charge in [0.1, 0.15) is 5.75 Å². The van der Waals surface area contributed by atoms with Crippen LogP contribution in [0.3, 0.4) is 0 Å². The number of hydrogen-bond acceptors (Lipinski definition) is 4. The number of likely N-dealkylation sites (tertiary alicyclic amines) is 1. The fraction of sp³-hybridized carbons (Fsp3) is 0.417. The summed E-state index contributed by atoms with van der Waals surface area (Å²) in [6.07, 6.45) is -3.84. The van der Waals surface area contributed by atoms with Crippen molar-refractivity contribution < 1.29 is 32.2 Å². The van der Waals surface area contributed by atoms with E-state index in [9.17, 15) is 22.8 Å². The van der Waals surface area contributed by atoms with Crippen molar-refractivity contribution in [3.63, 3.8) is 0 Å². The van der Waals surface area contributed by atoms with Crippen LogP contribution in [0.5, 0.6) is 5.75 Å². The first-order chi connectivity index (χ1) is 15.7. The van der Waals surface area contributed by atoms with Gasteiger partial charge in [0.25, 0.3) is 0 Å². The highest BCUT2D eigenvalue weighted by atomic mass is 19.4. The molecule has 1 saturated heterocycles. The zero-order valence-electron chi connectivity index (χ0n) is 18.3. The molecule has 0 aliphatic carbocycles. The van der Waals surface area contributed by atoms with Gasteiger partial charge in [-0.15, -0.1) is 13.2 Å². The number of methoxy groups -OCH3 is 1. The first-order valence-electron chi connectivity index (χ1n) is 10.7. The predicted octanol–water partition coefficient (Wildman–Crippen LogP) is 4.62. The van der Waals surface area contributed by atoms with E-state index in [0.717, 1.165) is 5.56 Å². The molecule has 2 atom stereocenters. The summed E-state index contributed by atoms with van der Waals surface area (Å²) in [4.78, 5) is 27.1. The lowest BCUT2D eigenvalue weighted by molar-refractivity contribution is -0.274. The molecule has 1 fully saturated rings. The van der Waals surface area contributed by atoms with Crippen molar-refractivity contribution in [2.24, 2.45) is 5.92 Å². The fourth-order valence-corrected chi connectivity index (χ4v) is 4.08. The number of alkyl halides is 3. The molecule has 0 spiro atoms. The fourth-order valence-electron chi connectivity index (χ4n) is 4.08. The van der Waals surface area contributed by atoms with Crippen molar-refractivity contribution >= 4 is 11.8 Å². The Labute approximate surface area is 190 Å². The van der Waals surface area contributed by atoms with Crippen LogP contribution in [0.4, 0.5) is 18.0 Å². The molecule has 1 heterocycles. The molecular formula is C24H27F3N2O4. The number of carbonyl (C=O) groups is 2. The van der Waals surface area contributed by atoms with Crippen molar-refractivity contribution in [1.29, 1.82) is 0 Å². The smallest absolute Gasteiger partial charge is 0.406 e. The number of Topliss-reactive ketones (excluding diaryl/α,β-unsaturated/α-hetero) is 1. The van der Waals surface area contributed by atoms with Gasteiger partial charge >= 0.3 is 12.4 Å². The van der Waals surface area contributed by atoms with E-state index in [1.807, 2.05) is 6.07 Å². The van der Waals surface area contributed by atoms with Crippen molar-refractivity contribution in [3.05, 3.63) is 65.7 Å². The van der Waals surface area contributed by atoms with Crippen LogP contribution in [0.25, 0.3) is 0 Å². The van der Waals surface area contributed by atoms with Gasteiger partial charge in [0.05, 0.1) is 6.61 Å². The summed E-state index contributed by atoms with van der Waals surface area (Å²) in [5.41, 5.74) is 1.40. The summed E-state index contributed by atoms with van der Waals surface area (Å²) >= 11 is 0. The number of rotatable bonds is 8. The van der Waals surface area contributed by atoms with Gasteiger partial charge in [-0.2, -0.15) is 0 Å². The van der Waals surface area contributed by atoms with E-state index in [1.165, 1.54) is 12.1 Å². The molecule has 2 aromatic rings. The third kappa shape index (κ3) is 7.49. The minimum atomic E-state index is -4.76. The van der Waals surface area contributed by atoms with Crippen molar-refractivity contribution in [1.82, 2.24) is 10.2 Å². The highest BCUT2D eigenvalue weighted by molar-refractivity contribution is 5.96. The summed E-state index contributed by atoms with van der Waals surface area (Å²) in [5.74, 6) is -0.516. The number of nitrogens with zero attached hydrogens (tertiary/aromatic N) is 1. The zero-order valence-corrected chi connectivity index (χ0v) is 18.3. The molecule has 0 saturated carbocycles. The van der Waals surface area contributed by atoms with E-state index in [2.05, 4.69) is 10.1 Å². The van der Waals surface area contributed by atoms with E-state index >= 15 is 0 Å². The monoisotopic (exact) mass is 464 g/mol. The van der Waals surface area contributed by atoms with Gasteiger partial charge in [0, 0.05) is 44.6 Å². The Hall–Kier alpha value is -3.07. The highest BCUT2D eigenvalue weighted by Crippen LogP contribution is 2.34. The van der Waals surface area contributed by atoms with Crippen LogP contribution < -0.4 is 10.1 Å². The molecule has 33 heavy (non-hydrogen) atoms. The average molecular weight is 464 g/mol. The Morgan fingerprint density at radius 2 is 1.76 bits per heavy atom. The second kappa shape index (κ2) is 11.2. The molecule has 2 amide bonds. The topological polar surface area (TPSA) is 67.9 Å². The van der Waals surface area contributed by atoms with Gasteiger partial charge in [-0.3, -0.25) is 4.79 Å². The summed E-state index contributed by atoms with van der Waals surface area (Å²) < 4.78 is 46.3. The number of hydrogen-bond donors (Lipinski definition) is 1. The maximum absolute atomic E-state index is 12.8. The molecule has 9 heteroatoms. The van der Waals surface area contributed by atoms with Crippen LogP contribution in [0.1, 0.15) is 34.7 Å². The highest BCUT2D eigenvalue weighted by Gasteiger charge is 2.33. The molecule has 2 aromatic carbocycles. The van der Waals surface area contributed by atoms with E-state index < -0.39 is 6.36 Å². The number of ketones is 1. The van der Waals surface area contributed by atoms with Crippen molar-refractivity contribution in [2.75, 3.05) is 33.4 Å². The van der Waals surface area contributed by atoms with Crippen LogP contribution in [0, 0.1) is 5.92 Å². The Kier molecular flexibility index (Phi) is 8.32. The van der Waals surface area contributed by atoms with Gasteiger partial charge in [-0.25, -0.2) is 4.79 Å². The standard InChI is InChI=1S/C24H27F3N2O4/c1-32-12-11-28-23(31)29-15-17(14-22(30)19-5-3-2-4-6-19)13-20(16-29)18-7-9-21(10-8-18)33-24(25,26)27/h2-10,17,20H,11-16H2,1H3,(H,28,31). The van der Waals surface area contributed by atoms with Gasteiger partial charge in [-0.05, 0) is 30.0 Å². The third-order valence-corrected chi connectivity index (χ3v) is 5.56. The predicted molar refractivity (Wildman–Crippen MR) is 116 cm³/mol. The van der Waals surface area contributed by atoms with Crippen molar-refractivity contribution in [2.45, 2.75) is 25.1 Å². The Morgan fingerprint density at radius 1 is 1.06 bits per heavy atom. The van der Waals surface area contributed by atoms with Gasteiger partial charge in [0.15, 0.2) is 5.78 Å². The normalized spacial score (nSPS) is 18.6. The van der Waals surface area contributed by atoms with Crippen LogP contribution in [0.2, 0.25) is 0 Å². The molecule has 0 radical (unpaired) electrons. The number of carbonyl (C=O) groups excluding carboxylic acids is 2. The van der Waals surface area contributed by atoms with Crippen LogP contribution in [-0.4, -0.2) is 56.4 Å². The first kappa shape index (κ1) is 24.6. The lowest BCUT2D eigenvalue weighted by Crippen LogP contribution is -2.48. The minimum Gasteiger partial charge on any atom is -0.406 e. The van der Waals surface area contributed by atoms with Gasteiger partial charge in [0.2, 0.25) is 0 Å². The molecule has 1 N–H and O–H groups in total. The molecule has 178 valence electrons. The van der Waals surface area contributed by atoms with E-state index in [1.54, 1.807) is 48.4 Å². The number of piperidine rings is 1. The molecule has 2 unspecified atom stereocenters. The number of urea groups is 1. The van der Waals surface area contributed by atoms with E-state index in [4.69, 9.17) is 4.74 Å². The van der Waals surface area contributed by atoms with Gasteiger partial charge < -0.3 is 19.7 Å². The Bertz CT molecular complexity index is 920. The van der Waals surface area contributed by atoms with Crippen LogP contribution in [-0.2, 0) is 4.74 Å². The molecular weight excluding hydrogens is 437 g/mol. The SMILES string of the molecule is COCCNC(=O)N1CC(CC(=O)c2ccccc2)CC(c2ccc(OC(F)(F)F)cc2)C1. The number of halogens is 3. The Balaban J connectivity index is 1.74. The van der Waals surface area contributed by atoms with Crippen molar-refractivity contribution in [3.8, 4) is 5.75 Å². The summed E-state index contributed by atoms with van der Waals surface area (Å²) in [5, 5.41) is 2.80. The molecule has 1 aliphatic heterocycles. The van der Waals surface area contributed by atoms with E-state index in [0.29, 0.717) is 38.2 Å². The second-order valence-corrected chi connectivity index (χ2v) is 8.04. The lowest BCUT2D eigenvalue weighted by atomic mass is 9.81. The quantitative estimate of drug-likeness (QED) is 0.457. The van der Waals surface area contributed by atoms with Gasteiger partial charge in [-0.1, -0.05) is 42.5 Å². The molecule has 6 nitrogen and oxygen atoms in total. The van der Waals surface area contributed by atoms with Crippen LogP contribution in [0.15, 0.2) is 54.6 Å². The second-order valence-electron chi connectivity index (χ2n) is 8.04. The third-order valence-electron chi connectivity index (χ3n) is 5.56. The molecule has 3 rings (SSSR count). The maximum Gasteiger partial charge on any atom is 0.573 e. The molecule has 0 bridgehead atoms. The lowest BCUT2D eigenvalue weighted by Gasteiger charge is -2.38. The largest absolute Gasteiger partial charge is 0.573 e. The Morgan fingerprint density at radius 3 is 2.39 bits per heavy atom. The molecule has 1 aliphatic rings. The number of ether oxygens (including phenoxy) is 2. The van der Waals surface area contributed by atoms with E-state index in [-0.39, 0.29) is 35.8 Å². The van der Waals surface area contributed by atoms with Crippen LogP contribution >= 0.6 is 0 Å².